The van der Waals surface area contributed by atoms with E-state index in [1.807, 2.05) is 24.3 Å². The van der Waals surface area contributed by atoms with Crippen molar-refractivity contribution in [2.45, 2.75) is 13.5 Å². The molecule has 2 heterocycles. The number of rotatable bonds is 5. The van der Waals surface area contributed by atoms with Gasteiger partial charge in [0.2, 0.25) is 0 Å². The molecular formula is C21H16N2O4S. The molecule has 6 nitrogen and oxygen atoms in total. The van der Waals surface area contributed by atoms with Gasteiger partial charge in [0, 0.05) is 10.9 Å². The standard InChI is InChI=1S/C21H16N2O4S/c1-2-27-21(26)17-12-28-18(22-17)14-9-7-13(8-10-14)11-23-19(24)15-5-3-4-6-16(15)20(23)25/h3-10,12H,2,11H2,1H3. The number of carbonyl (C=O) groups excluding carboxylic acids is 3. The topological polar surface area (TPSA) is 76.6 Å². The van der Waals surface area contributed by atoms with Gasteiger partial charge in [0.1, 0.15) is 5.01 Å². The van der Waals surface area contributed by atoms with Gasteiger partial charge < -0.3 is 4.74 Å². The zero-order chi connectivity index (χ0) is 19.7. The lowest BCUT2D eigenvalue weighted by Crippen LogP contribution is -2.29. The van der Waals surface area contributed by atoms with Gasteiger partial charge in [0.25, 0.3) is 11.8 Å². The van der Waals surface area contributed by atoms with Gasteiger partial charge >= 0.3 is 5.97 Å². The molecule has 4 rings (SSSR count). The second-order valence-corrected chi connectivity index (χ2v) is 7.06. The Hall–Kier alpha value is -3.32. The summed E-state index contributed by atoms with van der Waals surface area (Å²) in [5.74, 6) is -0.986. The summed E-state index contributed by atoms with van der Waals surface area (Å²) < 4.78 is 4.95. The molecule has 0 radical (unpaired) electrons. The number of carbonyl (C=O) groups is 3. The number of esters is 1. The number of imide groups is 1. The lowest BCUT2D eigenvalue weighted by atomic mass is 10.1. The van der Waals surface area contributed by atoms with Crippen LogP contribution in [-0.4, -0.2) is 34.3 Å². The van der Waals surface area contributed by atoms with Gasteiger partial charge in [0.15, 0.2) is 5.69 Å². The predicted molar refractivity (Wildman–Crippen MR) is 104 cm³/mol. The molecule has 0 saturated carbocycles. The van der Waals surface area contributed by atoms with Crippen LogP contribution < -0.4 is 0 Å². The van der Waals surface area contributed by atoms with Gasteiger partial charge in [0.05, 0.1) is 24.3 Å². The molecule has 1 aliphatic heterocycles. The van der Waals surface area contributed by atoms with E-state index in [-0.39, 0.29) is 24.1 Å². The SMILES string of the molecule is CCOC(=O)c1csc(-c2ccc(CN3C(=O)c4ccccc4C3=O)cc2)n1. The van der Waals surface area contributed by atoms with E-state index in [4.69, 9.17) is 4.74 Å². The number of amides is 2. The molecule has 140 valence electrons. The van der Waals surface area contributed by atoms with E-state index in [0.717, 1.165) is 11.1 Å². The zero-order valence-corrected chi connectivity index (χ0v) is 15.9. The highest BCUT2D eigenvalue weighted by Gasteiger charge is 2.34. The third kappa shape index (κ3) is 3.20. The fraction of sp³-hybridized carbons (Fsp3) is 0.143. The molecule has 0 spiro atoms. The van der Waals surface area contributed by atoms with Crippen molar-refractivity contribution in [1.29, 1.82) is 0 Å². The molecule has 0 fully saturated rings. The fourth-order valence-electron chi connectivity index (χ4n) is 3.02. The van der Waals surface area contributed by atoms with Crippen LogP contribution in [0.2, 0.25) is 0 Å². The van der Waals surface area contributed by atoms with Crippen LogP contribution in [0, 0.1) is 0 Å². The third-order valence-corrected chi connectivity index (χ3v) is 5.30. The molecule has 0 N–H and O–H groups in total. The molecule has 0 aliphatic carbocycles. The Kier molecular flexibility index (Phi) is 4.75. The maximum atomic E-state index is 12.5. The van der Waals surface area contributed by atoms with E-state index in [1.165, 1.54) is 16.2 Å². The molecule has 0 atom stereocenters. The molecule has 2 aromatic carbocycles. The molecule has 1 aromatic heterocycles. The normalized spacial score (nSPS) is 13.0. The van der Waals surface area contributed by atoms with Crippen molar-refractivity contribution in [3.63, 3.8) is 0 Å². The van der Waals surface area contributed by atoms with Crippen LogP contribution in [0.25, 0.3) is 10.6 Å². The van der Waals surface area contributed by atoms with Gasteiger partial charge in [-0.1, -0.05) is 36.4 Å². The maximum absolute atomic E-state index is 12.5. The fourth-order valence-corrected chi connectivity index (χ4v) is 3.82. The largest absolute Gasteiger partial charge is 0.461 e. The summed E-state index contributed by atoms with van der Waals surface area (Å²) in [6, 6.07) is 14.3. The first-order chi connectivity index (χ1) is 13.6. The summed E-state index contributed by atoms with van der Waals surface area (Å²) in [5, 5.41) is 2.37. The van der Waals surface area contributed by atoms with Crippen molar-refractivity contribution >= 4 is 29.1 Å². The summed E-state index contributed by atoms with van der Waals surface area (Å²) in [4.78, 5) is 42.3. The predicted octanol–water partition coefficient (Wildman–Crippen LogP) is 3.78. The average Bonchev–Trinajstić information content (AvgIpc) is 3.30. The number of ether oxygens (including phenoxy) is 1. The van der Waals surface area contributed by atoms with E-state index < -0.39 is 5.97 Å². The van der Waals surface area contributed by atoms with Crippen LogP contribution >= 0.6 is 11.3 Å². The van der Waals surface area contributed by atoms with E-state index in [0.29, 0.717) is 22.7 Å². The molecule has 2 amide bonds. The Balaban J connectivity index is 1.50. The highest BCUT2D eigenvalue weighted by Crippen LogP contribution is 2.27. The Morgan fingerprint density at radius 2 is 1.68 bits per heavy atom. The van der Waals surface area contributed by atoms with Crippen molar-refractivity contribution in [2.24, 2.45) is 0 Å². The lowest BCUT2D eigenvalue weighted by molar-refractivity contribution is 0.0519. The van der Waals surface area contributed by atoms with E-state index in [9.17, 15) is 14.4 Å². The lowest BCUT2D eigenvalue weighted by Gasteiger charge is -2.14. The van der Waals surface area contributed by atoms with Gasteiger partial charge in [-0.2, -0.15) is 0 Å². The number of hydrogen-bond donors (Lipinski definition) is 0. The third-order valence-electron chi connectivity index (χ3n) is 4.41. The smallest absolute Gasteiger partial charge is 0.357 e. The highest BCUT2D eigenvalue weighted by atomic mass is 32.1. The number of nitrogens with zero attached hydrogens (tertiary/aromatic N) is 2. The Morgan fingerprint density at radius 3 is 2.29 bits per heavy atom. The summed E-state index contributed by atoms with van der Waals surface area (Å²) in [7, 11) is 0. The molecule has 3 aromatic rings. The van der Waals surface area contributed by atoms with Crippen LogP contribution in [0.1, 0.15) is 43.7 Å². The van der Waals surface area contributed by atoms with Crippen LogP contribution in [0.15, 0.2) is 53.9 Å². The van der Waals surface area contributed by atoms with Crippen LogP contribution in [0.5, 0.6) is 0 Å². The molecule has 28 heavy (non-hydrogen) atoms. The molecule has 1 aliphatic rings. The summed E-state index contributed by atoms with van der Waals surface area (Å²) in [5.41, 5.74) is 2.86. The summed E-state index contributed by atoms with van der Waals surface area (Å²) in [6.07, 6.45) is 0. The number of benzene rings is 2. The Morgan fingerprint density at radius 1 is 1.04 bits per heavy atom. The number of thiazole rings is 1. The van der Waals surface area contributed by atoms with Crippen molar-refractivity contribution < 1.29 is 19.1 Å². The van der Waals surface area contributed by atoms with Gasteiger partial charge in [-0.05, 0) is 24.6 Å². The van der Waals surface area contributed by atoms with Gasteiger partial charge in [-0.25, -0.2) is 9.78 Å². The van der Waals surface area contributed by atoms with Crippen LogP contribution in [0.4, 0.5) is 0 Å². The van der Waals surface area contributed by atoms with Crippen molar-refractivity contribution in [2.75, 3.05) is 6.61 Å². The first-order valence-corrected chi connectivity index (χ1v) is 9.63. The minimum atomic E-state index is -0.438. The van der Waals surface area contributed by atoms with E-state index in [2.05, 4.69) is 4.98 Å². The highest BCUT2D eigenvalue weighted by molar-refractivity contribution is 7.13. The summed E-state index contributed by atoms with van der Waals surface area (Å²) in [6.45, 7) is 2.26. The number of hydrogen-bond acceptors (Lipinski definition) is 6. The first-order valence-electron chi connectivity index (χ1n) is 8.75. The molecule has 0 bridgehead atoms. The number of fused-ring (bicyclic) bond motifs is 1. The Bertz CT molecular complexity index is 1040. The van der Waals surface area contributed by atoms with Crippen LogP contribution in [-0.2, 0) is 11.3 Å². The minimum absolute atomic E-state index is 0.207. The van der Waals surface area contributed by atoms with Crippen molar-refractivity contribution in [3.05, 3.63) is 76.3 Å². The summed E-state index contributed by atoms with van der Waals surface area (Å²) >= 11 is 1.36. The van der Waals surface area contributed by atoms with Gasteiger partial charge in [-0.15, -0.1) is 11.3 Å². The second kappa shape index (κ2) is 7.36. The van der Waals surface area contributed by atoms with E-state index in [1.54, 1.807) is 36.6 Å². The zero-order valence-electron chi connectivity index (χ0n) is 15.0. The quantitative estimate of drug-likeness (QED) is 0.488. The maximum Gasteiger partial charge on any atom is 0.357 e. The van der Waals surface area contributed by atoms with Crippen molar-refractivity contribution in [3.8, 4) is 10.6 Å². The van der Waals surface area contributed by atoms with E-state index >= 15 is 0 Å². The Labute approximate surface area is 165 Å². The second-order valence-electron chi connectivity index (χ2n) is 6.20. The monoisotopic (exact) mass is 392 g/mol. The van der Waals surface area contributed by atoms with Crippen LogP contribution in [0.3, 0.4) is 0 Å². The molecule has 0 unspecified atom stereocenters. The van der Waals surface area contributed by atoms with Gasteiger partial charge in [-0.3, -0.25) is 14.5 Å². The van der Waals surface area contributed by atoms with Crippen molar-refractivity contribution in [1.82, 2.24) is 9.88 Å². The average molecular weight is 392 g/mol. The molecule has 0 saturated heterocycles. The molecule has 7 heteroatoms. The minimum Gasteiger partial charge on any atom is -0.461 e. The first kappa shape index (κ1) is 18.1. The molecular weight excluding hydrogens is 376 g/mol. The number of aromatic nitrogens is 1.